The molecule has 0 radical (unpaired) electrons. The minimum Gasteiger partial charge on any atom is -0.340 e. The van der Waals surface area contributed by atoms with Gasteiger partial charge in [0.15, 0.2) is 0 Å². The van der Waals surface area contributed by atoms with Crippen LogP contribution in [0.1, 0.15) is 10.5 Å². The molecule has 1 N–H and O–H groups in total. The van der Waals surface area contributed by atoms with Crippen molar-refractivity contribution in [2.45, 2.75) is 0 Å². The lowest BCUT2D eigenvalue weighted by molar-refractivity contribution is 0.0772. The zero-order valence-electron chi connectivity index (χ0n) is 11.7. The number of fused-ring (bicyclic) bond motifs is 2. The van der Waals surface area contributed by atoms with Crippen molar-refractivity contribution >= 4 is 16.8 Å². The number of likely N-dealkylation sites (tertiary alicyclic amines) is 1. The molecule has 20 heavy (non-hydrogen) atoms. The van der Waals surface area contributed by atoms with Crippen LogP contribution in [0.2, 0.25) is 0 Å². The Morgan fingerprint density at radius 2 is 1.90 bits per heavy atom. The Morgan fingerprint density at radius 3 is 2.60 bits per heavy atom. The lowest BCUT2D eigenvalue weighted by atomic mass is 10.0. The van der Waals surface area contributed by atoms with E-state index in [0.29, 0.717) is 11.8 Å². The first kappa shape index (κ1) is 12.0. The summed E-state index contributed by atoms with van der Waals surface area (Å²) in [6.07, 6.45) is 0. The lowest BCUT2D eigenvalue weighted by Crippen LogP contribution is -2.32. The van der Waals surface area contributed by atoms with Crippen molar-refractivity contribution in [2.24, 2.45) is 18.9 Å². The standard InChI is InChI=1S/C16H19N3O/c1-18-14-5-3-2-4-11(14)6-15(18)16(20)19-9-12-7-17-8-13(12)10-19/h2-6,12-13,17H,7-10H2,1H3. The van der Waals surface area contributed by atoms with E-state index in [2.05, 4.69) is 17.4 Å². The monoisotopic (exact) mass is 269 g/mol. The first-order chi connectivity index (χ1) is 9.74. The van der Waals surface area contributed by atoms with E-state index in [0.717, 1.165) is 42.8 Å². The van der Waals surface area contributed by atoms with Gasteiger partial charge in [0, 0.05) is 44.1 Å². The average molecular weight is 269 g/mol. The number of benzene rings is 1. The third-order valence-corrected chi connectivity index (χ3v) is 4.85. The zero-order valence-corrected chi connectivity index (χ0v) is 11.7. The molecule has 1 aromatic heterocycles. The summed E-state index contributed by atoms with van der Waals surface area (Å²) in [4.78, 5) is 14.8. The van der Waals surface area contributed by atoms with E-state index in [-0.39, 0.29) is 5.91 Å². The smallest absolute Gasteiger partial charge is 0.270 e. The van der Waals surface area contributed by atoms with E-state index in [9.17, 15) is 4.79 Å². The zero-order chi connectivity index (χ0) is 13.7. The molecule has 2 fully saturated rings. The highest BCUT2D eigenvalue weighted by Crippen LogP contribution is 2.28. The van der Waals surface area contributed by atoms with Crippen molar-refractivity contribution in [3.8, 4) is 0 Å². The predicted octanol–water partition coefficient (Wildman–Crippen LogP) is 1.47. The summed E-state index contributed by atoms with van der Waals surface area (Å²) in [5.74, 6) is 1.47. The first-order valence-electron chi connectivity index (χ1n) is 7.28. The van der Waals surface area contributed by atoms with Gasteiger partial charge < -0.3 is 14.8 Å². The molecule has 3 heterocycles. The number of carbonyl (C=O) groups is 1. The van der Waals surface area contributed by atoms with Gasteiger partial charge in [0.2, 0.25) is 0 Å². The van der Waals surface area contributed by atoms with Crippen LogP contribution in [0, 0.1) is 11.8 Å². The molecule has 2 saturated heterocycles. The van der Waals surface area contributed by atoms with Crippen molar-refractivity contribution < 1.29 is 4.79 Å². The molecule has 0 aliphatic carbocycles. The fourth-order valence-corrected chi connectivity index (χ4v) is 3.68. The Kier molecular flexibility index (Phi) is 2.60. The summed E-state index contributed by atoms with van der Waals surface area (Å²) in [7, 11) is 1.98. The number of carbonyl (C=O) groups excluding carboxylic acids is 1. The molecule has 1 amide bonds. The van der Waals surface area contributed by atoms with E-state index in [1.807, 2.05) is 34.7 Å². The minimum absolute atomic E-state index is 0.179. The third kappa shape index (κ3) is 1.68. The number of nitrogens with one attached hydrogen (secondary N) is 1. The molecule has 2 aromatic rings. The molecule has 0 saturated carbocycles. The number of aryl methyl sites for hydroxylation is 1. The number of amides is 1. The van der Waals surface area contributed by atoms with Gasteiger partial charge in [0.05, 0.1) is 0 Å². The van der Waals surface area contributed by atoms with E-state index < -0.39 is 0 Å². The van der Waals surface area contributed by atoms with Crippen molar-refractivity contribution in [2.75, 3.05) is 26.2 Å². The van der Waals surface area contributed by atoms with Gasteiger partial charge in [-0.1, -0.05) is 18.2 Å². The Labute approximate surface area is 118 Å². The molecule has 1 aromatic carbocycles. The van der Waals surface area contributed by atoms with E-state index >= 15 is 0 Å². The largest absolute Gasteiger partial charge is 0.340 e. The van der Waals surface area contributed by atoms with Gasteiger partial charge in [0.1, 0.15) is 5.69 Å². The van der Waals surface area contributed by atoms with E-state index in [4.69, 9.17) is 0 Å². The van der Waals surface area contributed by atoms with Crippen molar-refractivity contribution in [3.63, 3.8) is 0 Å². The van der Waals surface area contributed by atoms with Gasteiger partial charge in [-0.3, -0.25) is 4.79 Å². The maximum Gasteiger partial charge on any atom is 0.270 e. The Hall–Kier alpha value is -1.81. The number of rotatable bonds is 1. The van der Waals surface area contributed by atoms with Gasteiger partial charge in [-0.25, -0.2) is 0 Å². The van der Waals surface area contributed by atoms with Gasteiger partial charge in [-0.2, -0.15) is 0 Å². The van der Waals surface area contributed by atoms with Gasteiger partial charge >= 0.3 is 0 Å². The molecule has 0 bridgehead atoms. The van der Waals surface area contributed by atoms with Crippen LogP contribution in [0.15, 0.2) is 30.3 Å². The van der Waals surface area contributed by atoms with E-state index in [1.165, 1.54) is 0 Å². The SMILES string of the molecule is Cn1c(C(=O)N2CC3CNCC3C2)cc2ccccc21. The minimum atomic E-state index is 0.179. The molecule has 2 aliphatic rings. The number of nitrogens with zero attached hydrogens (tertiary/aromatic N) is 2. The summed E-state index contributed by atoms with van der Waals surface area (Å²) in [5.41, 5.74) is 1.93. The quantitative estimate of drug-likeness (QED) is 0.851. The fraction of sp³-hybridized carbons (Fsp3) is 0.438. The number of hydrogen-bond acceptors (Lipinski definition) is 2. The molecular formula is C16H19N3O. The summed E-state index contributed by atoms with van der Waals surface area (Å²) in [6.45, 7) is 3.92. The van der Waals surface area contributed by atoms with Gasteiger partial charge in [0.25, 0.3) is 5.91 Å². The fourth-order valence-electron chi connectivity index (χ4n) is 3.68. The Balaban J connectivity index is 1.66. The van der Waals surface area contributed by atoms with Crippen LogP contribution in [0.5, 0.6) is 0 Å². The van der Waals surface area contributed by atoms with Crippen LogP contribution in [0.4, 0.5) is 0 Å². The topological polar surface area (TPSA) is 37.3 Å². The second-order valence-corrected chi connectivity index (χ2v) is 6.04. The summed E-state index contributed by atoms with van der Waals surface area (Å²) in [5, 5.41) is 4.55. The summed E-state index contributed by atoms with van der Waals surface area (Å²) < 4.78 is 2.02. The van der Waals surface area contributed by atoms with Crippen molar-refractivity contribution in [3.05, 3.63) is 36.0 Å². The lowest BCUT2D eigenvalue weighted by Gasteiger charge is -2.17. The first-order valence-corrected chi connectivity index (χ1v) is 7.28. The molecule has 2 unspecified atom stereocenters. The number of hydrogen-bond donors (Lipinski definition) is 1. The van der Waals surface area contributed by atoms with E-state index in [1.54, 1.807) is 0 Å². The third-order valence-electron chi connectivity index (χ3n) is 4.85. The molecule has 4 rings (SSSR count). The molecule has 4 nitrogen and oxygen atoms in total. The number of aromatic nitrogens is 1. The highest BCUT2D eigenvalue weighted by molar-refractivity contribution is 5.98. The van der Waals surface area contributed by atoms with Gasteiger partial charge in [-0.05, 0) is 24.0 Å². The maximum atomic E-state index is 12.8. The molecule has 4 heteroatoms. The Morgan fingerprint density at radius 1 is 1.20 bits per heavy atom. The van der Waals surface area contributed by atoms with Crippen LogP contribution >= 0.6 is 0 Å². The van der Waals surface area contributed by atoms with Crippen LogP contribution in [0.25, 0.3) is 10.9 Å². The average Bonchev–Trinajstić information content (AvgIpc) is 3.11. The molecule has 0 spiro atoms. The highest BCUT2D eigenvalue weighted by atomic mass is 16.2. The Bertz CT molecular complexity index is 663. The second kappa shape index (κ2) is 4.35. The maximum absolute atomic E-state index is 12.8. The van der Waals surface area contributed by atoms with Crippen molar-refractivity contribution in [1.82, 2.24) is 14.8 Å². The molecule has 2 atom stereocenters. The molecular weight excluding hydrogens is 250 g/mol. The normalized spacial score (nSPS) is 25.4. The van der Waals surface area contributed by atoms with Crippen molar-refractivity contribution in [1.29, 1.82) is 0 Å². The predicted molar refractivity (Wildman–Crippen MR) is 78.7 cm³/mol. The molecule has 104 valence electrons. The summed E-state index contributed by atoms with van der Waals surface area (Å²) >= 11 is 0. The van der Waals surface area contributed by atoms with Crippen LogP contribution in [-0.4, -0.2) is 41.6 Å². The number of para-hydroxylation sites is 1. The summed E-state index contributed by atoms with van der Waals surface area (Å²) in [6, 6.07) is 10.2. The van der Waals surface area contributed by atoms with Crippen LogP contribution in [-0.2, 0) is 7.05 Å². The highest BCUT2D eigenvalue weighted by Gasteiger charge is 2.38. The van der Waals surface area contributed by atoms with Crippen LogP contribution < -0.4 is 5.32 Å². The van der Waals surface area contributed by atoms with Crippen LogP contribution in [0.3, 0.4) is 0 Å². The molecule has 2 aliphatic heterocycles. The second-order valence-electron chi connectivity index (χ2n) is 6.04. The van der Waals surface area contributed by atoms with Gasteiger partial charge in [-0.15, -0.1) is 0 Å².